The fraction of sp³-hybridized carbons (Fsp3) is 0.455. The third-order valence-corrected chi connectivity index (χ3v) is 10.5. The second-order valence-electron chi connectivity index (χ2n) is 12.2. The molecular weight excluding hydrogens is 596 g/mol. The van der Waals surface area contributed by atoms with E-state index in [2.05, 4.69) is 27.2 Å². The number of aromatic amines is 2. The number of aromatic nitrogens is 2. The molecule has 5 atom stereocenters. The Labute approximate surface area is 265 Å². The van der Waals surface area contributed by atoms with Gasteiger partial charge in [-0.2, -0.15) is 11.8 Å². The average molecular weight is 637 g/mol. The lowest BCUT2D eigenvalue weighted by molar-refractivity contribution is -0.146. The van der Waals surface area contributed by atoms with Crippen LogP contribution in [-0.2, 0) is 44.9 Å². The van der Waals surface area contributed by atoms with Gasteiger partial charge >= 0.3 is 11.9 Å². The molecule has 5 rings (SSSR count). The van der Waals surface area contributed by atoms with Crippen molar-refractivity contribution in [2.24, 2.45) is 11.8 Å². The molecule has 2 fully saturated rings. The molecule has 2 saturated heterocycles. The Morgan fingerprint density at radius 3 is 2.36 bits per heavy atom. The summed E-state index contributed by atoms with van der Waals surface area (Å²) < 4.78 is 0. The van der Waals surface area contributed by atoms with Gasteiger partial charge < -0.3 is 35.9 Å². The van der Waals surface area contributed by atoms with Crippen molar-refractivity contribution in [1.29, 1.82) is 0 Å². The van der Waals surface area contributed by atoms with Crippen LogP contribution in [0.4, 0.5) is 0 Å². The maximum Gasteiger partial charge on any atom is 0.332 e. The number of rotatable bonds is 13. The van der Waals surface area contributed by atoms with E-state index in [1.165, 1.54) is 6.08 Å². The number of H-pyrrole nitrogens is 2. The maximum atomic E-state index is 12.6. The molecule has 1 unspecified atom stereocenters. The standard InChI is InChI=1S/C33H40N4O7S/c1-6-18-14(2)23(36-32(18)42)10-21-16(4)20(9-27(38)33(43)44)25(35-21)12-24-19(7-8-29(39)40)15(3)22(34-24)11-26-30(28-13-45-28)17(5)31(41)37-26/h6,11,17,23,27-28,30,34-35,38H,1,7-10,12-13H2,2-5H3,(H,36,42)(H,37,41)(H,39,40)(H,43,44)/b26-11-/t17-,23-,27?,28-,30-/m1/s1. The average Bonchev–Trinajstić information content (AvgIpc) is 3.56. The third-order valence-electron chi connectivity index (χ3n) is 9.45. The summed E-state index contributed by atoms with van der Waals surface area (Å²) in [7, 11) is 0. The molecule has 240 valence electrons. The van der Waals surface area contributed by atoms with Crippen molar-refractivity contribution >= 4 is 41.6 Å². The lowest BCUT2D eigenvalue weighted by Crippen LogP contribution is -2.30. The van der Waals surface area contributed by atoms with Gasteiger partial charge in [-0.25, -0.2) is 4.79 Å². The van der Waals surface area contributed by atoms with Crippen LogP contribution in [0.2, 0.25) is 0 Å². The zero-order chi connectivity index (χ0) is 32.7. The molecule has 0 radical (unpaired) electrons. The van der Waals surface area contributed by atoms with Gasteiger partial charge in [-0.1, -0.05) is 19.6 Å². The monoisotopic (exact) mass is 636 g/mol. The van der Waals surface area contributed by atoms with Gasteiger partial charge in [-0.05, 0) is 61.1 Å². The molecule has 12 heteroatoms. The van der Waals surface area contributed by atoms with Gasteiger partial charge in [0.2, 0.25) is 5.91 Å². The van der Waals surface area contributed by atoms with Crippen LogP contribution in [0.1, 0.15) is 65.3 Å². The number of thioether (sulfide) groups is 1. The largest absolute Gasteiger partial charge is 0.481 e. The Bertz CT molecular complexity index is 1640. The summed E-state index contributed by atoms with van der Waals surface area (Å²) in [5.41, 5.74) is 8.50. The maximum absolute atomic E-state index is 12.6. The molecule has 11 nitrogen and oxygen atoms in total. The predicted octanol–water partition coefficient (Wildman–Crippen LogP) is 2.94. The smallest absolute Gasteiger partial charge is 0.332 e. The van der Waals surface area contributed by atoms with Crippen molar-refractivity contribution in [3.63, 3.8) is 0 Å². The lowest BCUT2D eigenvalue weighted by Gasteiger charge is -2.12. The number of allylic oxidation sites excluding steroid dienone is 1. The molecule has 0 bridgehead atoms. The van der Waals surface area contributed by atoms with Gasteiger partial charge in [0.15, 0.2) is 6.10 Å². The van der Waals surface area contributed by atoms with Crippen molar-refractivity contribution < 1.29 is 34.5 Å². The topological polar surface area (TPSA) is 185 Å². The van der Waals surface area contributed by atoms with E-state index in [4.69, 9.17) is 0 Å². The van der Waals surface area contributed by atoms with E-state index in [1.54, 1.807) is 0 Å². The molecule has 7 N–H and O–H groups in total. The second kappa shape index (κ2) is 12.8. The first-order valence-electron chi connectivity index (χ1n) is 15.1. The summed E-state index contributed by atoms with van der Waals surface area (Å²) in [4.78, 5) is 55.1. The highest BCUT2D eigenvalue weighted by atomic mass is 32.2. The summed E-state index contributed by atoms with van der Waals surface area (Å²) in [6.07, 6.45) is 2.70. The fourth-order valence-electron chi connectivity index (χ4n) is 6.65. The highest BCUT2D eigenvalue weighted by Crippen LogP contribution is 2.46. The van der Waals surface area contributed by atoms with Crippen molar-refractivity contribution in [3.8, 4) is 0 Å². The number of carboxylic acids is 2. The van der Waals surface area contributed by atoms with E-state index in [9.17, 15) is 34.5 Å². The first kappa shape index (κ1) is 32.4. The van der Waals surface area contributed by atoms with Crippen LogP contribution in [0.25, 0.3) is 6.08 Å². The van der Waals surface area contributed by atoms with Gasteiger partial charge in [0.25, 0.3) is 5.91 Å². The van der Waals surface area contributed by atoms with Gasteiger partial charge in [-0.15, -0.1) is 0 Å². The molecule has 2 aromatic heterocycles. The van der Waals surface area contributed by atoms with Gasteiger partial charge in [0.05, 0.1) is 6.04 Å². The van der Waals surface area contributed by atoms with Gasteiger partial charge in [-0.3, -0.25) is 14.4 Å². The molecule has 0 aromatic carbocycles. The Hall–Kier alpha value is -4.03. The Balaban J connectivity index is 1.53. The number of aliphatic carboxylic acids is 2. The molecule has 5 heterocycles. The molecule has 3 aliphatic heterocycles. The van der Waals surface area contributed by atoms with Crippen molar-refractivity contribution in [2.75, 3.05) is 5.75 Å². The number of aliphatic hydroxyl groups is 1. The number of aliphatic hydroxyl groups excluding tert-OH is 1. The molecule has 2 amide bonds. The van der Waals surface area contributed by atoms with Crippen LogP contribution in [0, 0.1) is 25.7 Å². The van der Waals surface area contributed by atoms with Crippen LogP contribution in [-0.4, -0.2) is 72.2 Å². The van der Waals surface area contributed by atoms with Crippen LogP contribution in [0.5, 0.6) is 0 Å². The number of hydrogen-bond donors (Lipinski definition) is 7. The molecule has 3 aliphatic rings. The highest BCUT2D eigenvalue weighted by molar-refractivity contribution is 8.06. The van der Waals surface area contributed by atoms with Crippen molar-refractivity contribution in [2.45, 2.75) is 77.2 Å². The van der Waals surface area contributed by atoms with E-state index >= 15 is 0 Å². The minimum Gasteiger partial charge on any atom is -0.481 e. The first-order chi connectivity index (χ1) is 21.3. The molecule has 0 saturated carbocycles. The number of hydrogen-bond acceptors (Lipinski definition) is 6. The van der Waals surface area contributed by atoms with E-state index in [0.717, 1.165) is 50.8 Å². The van der Waals surface area contributed by atoms with Crippen molar-refractivity contribution in [1.82, 2.24) is 20.6 Å². The Morgan fingerprint density at radius 1 is 1.07 bits per heavy atom. The minimum atomic E-state index is -1.62. The number of carbonyl (C=O) groups excluding carboxylic acids is 2. The third kappa shape index (κ3) is 6.53. The molecular formula is C33H40N4O7S. The lowest BCUT2D eigenvalue weighted by atomic mass is 9.91. The van der Waals surface area contributed by atoms with Crippen LogP contribution >= 0.6 is 11.8 Å². The number of amides is 2. The number of carboxylic acid groups (broad SMARTS) is 2. The summed E-state index contributed by atoms with van der Waals surface area (Å²) in [5, 5.41) is 35.7. The zero-order valence-corrected chi connectivity index (χ0v) is 26.7. The molecule has 45 heavy (non-hydrogen) atoms. The van der Waals surface area contributed by atoms with E-state index in [1.807, 2.05) is 45.5 Å². The Morgan fingerprint density at radius 2 is 1.76 bits per heavy atom. The minimum absolute atomic E-state index is 0.00551. The quantitative estimate of drug-likeness (QED) is 0.164. The van der Waals surface area contributed by atoms with Crippen LogP contribution in [0.15, 0.2) is 29.5 Å². The predicted molar refractivity (Wildman–Crippen MR) is 171 cm³/mol. The normalized spacial score (nSPS) is 24.2. The second-order valence-corrected chi connectivity index (χ2v) is 13.5. The summed E-state index contributed by atoms with van der Waals surface area (Å²) in [6.45, 7) is 11.4. The number of carbonyl (C=O) groups is 4. The number of nitrogens with one attached hydrogen (secondary N) is 4. The Kier molecular flexibility index (Phi) is 9.18. The van der Waals surface area contributed by atoms with E-state index < -0.39 is 18.0 Å². The summed E-state index contributed by atoms with van der Waals surface area (Å²) >= 11 is 1.83. The SMILES string of the molecule is C=CC1=C(C)[C@@H](Cc2[nH]c(Cc3[nH]c(/C=C4\NC(=O)[C@H](C)[C@H]4[C@H]4CS4)c(C)c3CCC(=O)O)c(CC(O)C(=O)O)c2C)NC1=O. The fourth-order valence-corrected chi connectivity index (χ4v) is 7.56. The molecule has 0 aliphatic carbocycles. The molecule has 0 spiro atoms. The zero-order valence-electron chi connectivity index (χ0n) is 25.9. The van der Waals surface area contributed by atoms with E-state index in [-0.39, 0.29) is 49.0 Å². The van der Waals surface area contributed by atoms with E-state index in [0.29, 0.717) is 34.9 Å². The van der Waals surface area contributed by atoms with Gasteiger partial charge in [0.1, 0.15) is 0 Å². The molecule has 2 aromatic rings. The first-order valence-corrected chi connectivity index (χ1v) is 16.2. The van der Waals surface area contributed by atoms with Gasteiger partial charge in [0, 0.05) is 82.6 Å². The van der Waals surface area contributed by atoms with Crippen LogP contribution < -0.4 is 10.6 Å². The highest BCUT2D eigenvalue weighted by Gasteiger charge is 2.45. The summed E-state index contributed by atoms with van der Waals surface area (Å²) in [5.74, 6) is -1.49. The van der Waals surface area contributed by atoms with Crippen molar-refractivity contribution in [3.05, 3.63) is 74.5 Å². The summed E-state index contributed by atoms with van der Waals surface area (Å²) in [6, 6.07) is -0.272. The van der Waals surface area contributed by atoms with Crippen LogP contribution in [0.3, 0.4) is 0 Å².